The summed E-state index contributed by atoms with van der Waals surface area (Å²) in [7, 11) is 1.62. The summed E-state index contributed by atoms with van der Waals surface area (Å²) in [4.78, 5) is 4.17. The van der Waals surface area contributed by atoms with Crippen LogP contribution in [-0.2, 0) is 0 Å². The van der Waals surface area contributed by atoms with Crippen LogP contribution in [0.4, 0.5) is 0 Å². The third-order valence-corrected chi connectivity index (χ3v) is 2.33. The summed E-state index contributed by atoms with van der Waals surface area (Å²) in [5.74, 6) is 0.644. The van der Waals surface area contributed by atoms with Gasteiger partial charge in [0.05, 0.1) is 7.11 Å². The van der Waals surface area contributed by atoms with Gasteiger partial charge in [-0.2, -0.15) is 0 Å². The molecule has 0 amide bonds. The summed E-state index contributed by atoms with van der Waals surface area (Å²) in [6.45, 7) is 2.08. The van der Waals surface area contributed by atoms with Crippen LogP contribution in [0.5, 0.6) is 5.88 Å². The Bertz CT molecular complexity index is 431. The predicted octanol–water partition coefficient (Wildman–Crippen LogP) is 3.07. The number of nitrogens with zero attached hydrogens (tertiary/aromatic N) is 1. The van der Waals surface area contributed by atoms with E-state index in [1.165, 1.54) is 11.1 Å². The zero-order chi connectivity index (χ0) is 10.7. The van der Waals surface area contributed by atoms with Crippen LogP contribution >= 0.6 is 0 Å². The lowest BCUT2D eigenvalue weighted by Crippen LogP contribution is -1.87. The first kappa shape index (κ1) is 9.71. The van der Waals surface area contributed by atoms with Crippen LogP contribution in [0.1, 0.15) is 5.56 Å². The summed E-state index contributed by atoms with van der Waals surface area (Å²) in [5.41, 5.74) is 3.55. The van der Waals surface area contributed by atoms with Crippen LogP contribution in [0.3, 0.4) is 0 Å². The lowest BCUT2D eigenvalue weighted by molar-refractivity contribution is 0.398. The second-order valence-electron chi connectivity index (χ2n) is 3.46. The molecule has 2 rings (SSSR count). The smallest absolute Gasteiger partial charge is 0.212 e. The molecule has 0 aliphatic carbocycles. The predicted molar refractivity (Wildman–Crippen MR) is 61.0 cm³/mol. The van der Waals surface area contributed by atoms with Crippen molar-refractivity contribution < 1.29 is 4.74 Å². The number of methoxy groups -OCH3 is 1. The van der Waals surface area contributed by atoms with Crippen molar-refractivity contribution in [3.8, 4) is 17.0 Å². The van der Waals surface area contributed by atoms with Crippen LogP contribution in [0.25, 0.3) is 11.1 Å². The molecule has 1 aromatic carbocycles. The number of pyridine rings is 1. The van der Waals surface area contributed by atoms with Gasteiger partial charge in [0.2, 0.25) is 5.88 Å². The van der Waals surface area contributed by atoms with Crippen LogP contribution in [0.15, 0.2) is 42.6 Å². The first-order chi connectivity index (χ1) is 7.29. The molecule has 76 valence electrons. The normalized spacial score (nSPS) is 10.0. The highest BCUT2D eigenvalue weighted by Gasteiger charge is 1.98. The molecular formula is C13H13NO. The Morgan fingerprint density at radius 1 is 0.933 bits per heavy atom. The van der Waals surface area contributed by atoms with E-state index in [0.717, 1.165) is 5.56 Å². The zero-order valence-corrected chi connectivity index (χ0v) is 8.90. The minimum absolute atomic E-state index is 0.644. The third kappa shape index (κ3) is 2.15. The number of hydrogen-bond donors (Lipinski definition) is 0. The molecule has 0 aliphatic heterocycles. The molecule has 1 heterocycles. The SMILES string of the molecule is COc1ccc(-c2ccc(C)cc2)cn1. The second kappa shape index (κ2) is 4.13. The minimum Gasteiger partial charge on any atom is -0.481 e. The van der Waals surface area contributed by atoms with Crippen molar-refractivity contribution in [2.45, 2.75) is 6.92 Å². The molecule has 0 radical (unpaired) electrons. The van der Waals surface area contributed by atoms with Gasteiger partial charge in [0.1, 0.15) is 0 Å². The molecular weight excluding hydrogens is 186 g/mol. The summed E-state index contributed by atoms with van der Waals surface area (Å²) in [6, 6.07) is 12.3. The van der Waals surface area contributed by atoms with E-state index in [4.69, 9.17) is 4.74 Å². The number of hydrogen-bond acceptors (Lipinski definition) is 2. The van der Waals surface area contributed by atoms with Crippen LogP contribution in [0.2, 0.25) is 0 Å². The van der Waals surface area contributed by atoms with Gasteiger partial charge in [-0.25, -0.2) is 4.98 Å². The van der Waals surface area contributed by atoms with Gasteiger partial charge in [-0.15, -0.1) is 0 Å². The number of aryl methyl sites for hydroxylation is 1. The summed E-state index contributed by atoms with van der Waals surface area (Å²) >= 11 is 0. The molecule has 0 atom stereocenters. The highest BCUT2D eigenvalue weighted by atomic mass is 16.5. The summed E-state index contributed by atoms with van der Waals surface area (Å²) in [5, 5.41) is 0. The molecule has 0 saturated heterocycles. The van der Waals surface area contributed by atoms with Gasteiger partial charge in [-0.1, -0.05) is 29.8 Å². The fourth-order valence-electron chi connectivity index (χ4n) is 1.42. The van der Waals surface area contributed by atoms with E-state index in [9.17, 15) is 0 Å². The first-order valence-corrected chi connectivity index (χ1v) is 4.86. The molecule has 1 aromatic heterocycles. The van der Waals surface area contributed by atoms with Gasteiger partial charge < -0.3 is 4.74 Å². The molecule has 0 spiro atoms. The molecule has 2 heteroatoms. The van der Waals surface area contributed by atoms with Crippen molar-refractivity contribution in [3.05, 3.63) is 48.2 Å². The number of benzene rings is 1. The molecule has 2 aromatic rings. The molecule has 0 N–H and O–H groups in total. The third-order valence-electron chi connectivity index (χ3n) is 2.33. The van der Waals surface area contributed by atoms with E-state index < -0.39 is 0 Å². The Morgan fingerprint density at radius 3 is 2.13 bits per heavy atom. The molecule has 2 nitrogen and oxygen atoms in total. The van der Waals surface area contributed by atoms with Crippen molar-refractivity contribution in [1.82, 2.24) is 4.98 Å². The topological polar surface area (TPSA) is 22.1 Å². The number of ether oxygens (including phenoxy) is 1. The van der Waals surface area contributed by atoms with Gasteiger partial charge in [-0.3, -0.25) is 0 Å². The maximum Gasteiger partial charge on any atom is 0.212 e. The molecule has 0 fully saturated rings. The zero-order valence-electron chi connectivity index (χ0n) is 8.90. The molecule has 0 aliphatic rings. The lowest BCUT2D eigenvalue weighted by Gasteiger charge is -2.03. The molecule has 0 unspecified atom stereocenters. The second-order valence-corrected chi connectivity index (χ2v) is 3.46. The fourth-order valence-corrected chi connectivity index (χ4v) is 1.42. The standard InChI is InChI=1S/C13H13NO/c1-10-3-5-11(6-4-10)12-7-8-13(15-2)14-9-12/h3-9H,1-2H3. The van der Waals surface area contributed by atoms with Crippen LogP contribution in [-0.4, -0.2) is 12.1 Å². The summed E-state index contributed by atoms with van der Waals surface area (Å²) in [6.07, 6.45) is 1.82. The van der Waals surface area contributed by atoms with E-state index in [-0.39, 0.29) is 0 Å². The average Bonchev–Trinajstić information content (AvgIpc) is 2.30. The van der Waals surface area contributed by atoms with Gasteiger partial charge >= 0.3 is 0 Å². The fraction of sp³-hybridized carbons (Fsp3) is 0.154. The van der Waals surface area contributed by atoms with Crippen molar-refractivity contribution in [2.24, 2.45) is 0 Å². The Hall–Kier alpha value is -1.83. The maximum atomic E-state index is 5.01. The van der Waals surface area contributed by atoms with E-state index in [0.29, 0.717) is 5.88 Å². The highest BCUT2D eigenvalue weighted by Crippen LogP contribution is 2.20. The largest absolute Gasteiger partial charge is 0.481 e. The minimum atomic E-state index is 0.644. The number of aromatic nitrogens is 1. The lowest BCUT2D eigenvalue weighted by atomic mass is 10.1. The van der Waals surface area contributed by atoms with E-state index in [2.05, 4.69) is 36.2 Å². The van der Waals surface area contributed by atoms with Crippen LogP contribution in [0, 0.1) is 6.92 Å². The van der Waals surface area contributed by atoms with Crippen molar-refractivity contribution in [1.29, 1.82) is 0 Å². The number of rotatable bonds is 2. The van der Waals surface area contributed by atoms with Crippen molar-refractivity contribution >= 4 is 0 Å². The van der Waals surface area contributed by atoms with Gasteiger partial charge in [-0.05, 0) is 18.6 Å². The highest BCUT2D eigenvalue weighted by molar-refractivity contribution is 5.62. The summed E-state index contributed by atoms with van der Waals surface area (Å²) < 4.78 is 5.01. The molecule has 15 heavy (non-hydrogen) atoms. The van der Waals surface area contributed by atoms with E-state index in [1.807, 2.05) is 18.3 Å². The van der Waals surface area contributed by atoms with Gasteiger partial charge in [0, 0.05) is 17.8 Å². The average molecular weight is 199 g/mol. The molecule has 0 bridgehead atoms. The van der Waals surface area contributed by atoms with Crippen LogP contribution < -0.4 is 4.74 Å². The van der Waals surface area contributed by atoms with Gasteiger partial charge in [0.25, 0.3) is 0 Å². The monoisotopic (exact) mass is 199 g/mol. The van der Waals surface area contributed by atoms with Gasteiger partial charge in [0.15, 0.2) is 0 Å². The Labute approximate surface area is 89.6 Å². The quantitative estimate of drug-likeness (QED) is 0.741. The Morgan fingerprint density at radius 2 is 1.60 bits per heavy atom. The maximum absolute atomic E-state index is 5.01. The van der Waals surface area contributed by atoms with Crippen molar-refractivity contribution in [3.63, 3.8) is 0 Å². The molecule has 0 saturated carbocycles. The van der Waals surface area contributed by atoms with Crippen molar-refractivity contribution in [2.75, 3.05) is 7.11 Å². The Kier molecular flexibility index (Phi) is 2.68. The van der Waals surface area contributed by atoms with E-state index >= 15 is 0 Å². The first-order valence-electron chi connectivity index (χ1n) is 4.86. The van der Waals surface area contributed by atoms with E-state index in [1.54, 1.807) is 7.11 Å². The Balaban J connectivity index is 2.33.